The van der Waals surface area contributed by atoms with Crippen LogP contribution in [0.25, 0.3) is 0 Å². The van der Waals surface area contributed by atoms with E-state index in [0.29, 0.717) is 21.4 Å². The normalized spacial score (nSPS) is 11.8. The second-order valence-corrected chi connectivity index (χ2v) is 5.51. The number of aromatic nitrogens is 1. The minimum Gasteiger partial charge on any atom is -0.448 e. The summed E-state index contributed by atoms with van der Waals surface area (Å²) in [6.07, 6.45) is 0.741. The van der Waals surface area contributed by atoms with Gasteiger partial charge in [0, 0.05) is 18.3 Å². The summed E-state index contributed by atoms with van der Waals surface area (Å²) in [6, 6.07) is 8.03. The molecule has 0 fully saturated rings. The van der Waals surface area contributed by atoms with E-state index in [9.17, 15) is 9.59 Å². The van der Waals surface area contributed by atoms with Gasteiger partial charge >= 0.3 is 5.97 Å². The Morgan fingerprint density at radius 1 is 1.27 bits per heavy atom. The summed E-state index contributed by atoms with van der Waals surface area (Å²) in [7, 11) is 1.72. The van der Waals surface area contributed by atoms with Crippen molar-refractivity contribution in [2.45, 2.75) is 13.0 Å². The van der Waals surface area contributed by atoms with E-state index in [0.717, 1.165) is 0 Å². The Hall–Kier alpha value is -1.98. The number of nitrogens with one attached hydrogen (secondary N) is 1. The lowest BCUT2D eigenvalue weighted by Crippen LogP contribution is -2.30. The van der Waals surface area contributed by atoms with Crippen LogP contribution in [0, 0.1) is 0 Å². The van der Waals surface area contributed by atoms with E-state index in [4.69, 9.17) is 27.9 Å². The smallest absolute Gasteiger partial charge is 0.355 e. The Balaban J connectivity index is 2.02. The van der Waals surface area contributed by atoms with Crippen LogP contribution in [-0.4, -0.2) is 22.5 Å². The fraction of sp³-hybridized carbons (Fsp3) is 0.200. The summed E-state index contributed by atoms with van der Waals surface area (Å²) in [6.45, 7) is 1.48. The average molecular weight is 341 g/mol. The molecule has 0 aliphatic heterocycles. The number of benzene rings is 1. The van der Waals surface area contributed by atoms with Crippen molar-refractivity contribution in [2.24, 2.45) is 7.05 Å². The summed E-state index contributed by atoms with van der Waals surface area (Å²) in [5, 5.41) is 3.36. The SMILES string of the molecule is C[C@H](OC(=O)c1cccn1C)C(=O)Nc1cc(Cl)ccc1Cl. The quantitative estimate of drug-likeness (QED) is 0.866. The van der Waals surface area contributed by atoms with Gasteiger partial charge in [-0.15, -0.1) is 0 Å². The molecule has 5 nitrogen and oxygen atoms in total. The number of carbonyl (C=O) groups excluding carboxylic acids is 2. The number of anilines is 1. The lowest BCUT2D eigenvalue weighted by Gasteiger charge is -2.14. The zero-order valence-electron chi connectivity index (χ0n) is 12.0. The number of ether oxygens (including phenoxy) is 1. The van der Waals surface area contributed by atoms with Gasteiger partial charge in [0.1, 0.15) is 5.69 Å². The molecule has 0 spiro atoms. The lowest BCUT2D eigenvalue weighted by atomic mass is 10.3. The number of hydrogen-bond donors (Lipinski definition) is 1. The molecule has 2 aromatic rings. The minimum absolute atomic E-state index is 0.346. The van der Waals surface area contributed by atoms with Gasteiger partial charge < -0.3 is 14.6 Å². The van der Waals surface area contributed by atoms with Gasteiger partial charge in [-0.25, -0.2) is 4.79 Å². The van der Waals surface area contributed by atoms with Gasteiger partial charge in [-0.3, -0.25) is 4.79 Å². The Morgan fingerprint density at radius 3 is 2.64 bits per heavy atom. The van der Waals surface area contributed by atoms with Gasteiger partial charge in [0.15, 0.2) is 6.10 Å². The van der Waals surface area contributed by atoms with E-state index in [-0.39, 0.29) is 0 Å². The molecule has 0 radical (unpaired) electrons. The molecular formula is C15H14Cl2N2O3. The first-order chi connectivity index (χ1) is 10.4. The van der Waals surface area contributed by atoms with Crippen LogP contribution >= 0.6 is 23.2 Å². The highest BCUT2D eigenvalue weighted by Gasteiger charge is 2.21. The number of amides is 1. The minimum atomic E-state index is -0.975. The third kappa shape index (κ3) is 3.81. The van der Waals surface area contributed by atoms with Crippen molar-refractivity contribution in [2.75, 3.05) is 5.32 Å². The zero-order valence-corrected chi connectivity index (χ0v) is 13.5. The van der Waals surface area contributed by atoms with Crippen molar-refractivity contribution in [3.05, 3.63) is 52.3 Å². The molecule has 0 saturated carbocycles. The van der Waals surface area contributed by atoms with Crippen molar-refractivity contribution in [1.82, 2.24) is 4.57 Å². The molecule has 1 atom stereocenters. The molecule has 1 amide bonds. The third-order valence-corrected chi connectivity index (χ3v) is 3.56. The zero-order chi connectivity index (χ0) is 16.3. The maximum atomic E-state index is 12.1. The molecule has 116 valence electrons. The van der Waals surface area contributed by atoms with E-state index >= 15 is 0 Å². The van der Waals surface area contributed by atoms with E-state index in [1.165, 1.54) is 13.0 Å². The number of nitrogens with zero attached hydrogens (tertiary/aromatic N) is 1. The van der Waals surface area contributed by atoms with Crippen LogP contribution in [0.15, 0.2) is 36.5 Å². The molecule has 22 heavy (non-hydrogen) atoms. The highest BCUT2D eigenvalue weighted by molar-refractivity contribution is 6.35. The molecule has 2 rings (SSSR count). The van der Waals surface area contributed by atoms with Crippen LogP contribution in [0.1, 0.15) is 17.4 Å². The lowest BCUT2D eigenvalue weighted by molar-refractivity contribution is -0.123. The predicted molar refractivity (Wildman–Crippen MR) is 85.4 cm³/mol. The second kappa shape index (κ2) is 6.85. The van der Waals surface area contributed by atoms with E-state index in [1.807, 2.05) is 0 Å². The van der Waals surface area contributed by atoms with Crippen LogP contribution < -0.4 is 5.32 Å². The van der Waals surface area contributed by atoms with Gasteiger partial charge in [0.05, 0.1) is 10.7 Å². The van der Waals surface area contributed by atoms with Crippen LogP contribution in [0.3, 0.4) is 0 Å². The third-order valence-electron chi connectivity index (χ3n) is 2.99. The van der Waals surface area contributed by atoms with Crippen molar-refractivity contribution in [3.8, 4) is 0 Å². The molecule has 7 heteroatoms. The maximum Gasteiger partial charge on any atom is 0.355 e. The van der Waals surface area contributed by atoms with E-state index in [2.05, 4.69) is 5.32 Å². The van der Waals surface area contributed by atoms with Crippen molar-refractivity contribution in [3.63, 3.8) is 0 Å². The van der Waals surface area contributed by atoms with Gasteiger partial charge in [0.25, 0.3) is 5.91 Å². The molecular weight excluding hydrogens is 327 g/mol. The molecule has 0 aliphatic carbocycles. The van der Waals surface area contributed by atoms with Gasteiger partial charge in [-0.1, -0.05) is 23.2 Å². The van der Waals surface area contributed by atoms with E-state index in [1.54, 1.807) is 42.1 Å². The standard InChI is InChI=1S/C15H14Cl2N2O3/c1-9(22-15(21)13-4-3-7-19(13)2)14(20)18-12-8-10(16)5-6-11(12)17/h3-9H,1-2H3,(H,18,20)/t9-/m0/s1. The Labute approximate surface area is 137 Å². The first kappa shape index (κ1) is 16.4. The topological polar surface area (TPSA) is 60.3 Å². The summed E-state index contributed by atoms with van der Waals surface area (Å²) >= 11 is 11.8. The summed E-state index contributed by atoms with van der Waals surface area (Å²) < 4.78 is 6.74. The predicted octanol–water partition coefficient (Wildman–Crippen LogP) is 3.52. The largest absolute Gasteiger partial charge is 0.448 e. The molecule has 1 aromatic carbocycles. The first-order valence-corrected chi connectivity index (χ1v) is 7.22. The van der Waals surface area contributed by atoms with Crippen LogP contribution in [0.5, 0.6) is 0 Å². The monoisotopic (exact) mass is 340 g/mol. The molecule has 0 bridgehead atoms. The highest BCUT2D eigenvalue weighted by atomic mass is 35.5. The van der Waals surface area contributed by atoms with Crippen molar-refractivity contribution < 1.29 is 14.3 Å². The molecule has 1 heterocycles. The number of carbonyl (C=O) groups is 2. The van der Waals surface area contributed by atoms with Crippen LogP contribution in [-0.2, 0) is 16.6 Å². The van der Waals surface area contributed by atoms with Crippen molar-refractivity contribution in [1.29, 1.82) is 0 Å². The number of rotatable bonds is 4. The van der Waals surface area contributed by atoms with Crippen LogP contribution in [0.2, 0.25) is 10.0 Å². The highest BCUT2D eigenvalue weighted by Crippen LogP contribution is 2.25. The average Bonchev–Trinajstić information content (AvgIpc) is 2.89. The summed E-state index contributed by atoms with van der Waals surface area (Å²) in [5.74, 6) is -1.07. The molecule has 0 saturated heterocycles. The second-order valence-electron chi connectivity index (χ2n) is 4.67. The maximum absolute atomic E-state index is 12.1. The molecule has 1 aromatic heterocycles. The Kier molecular flexibility index (Phi) is 5.11. The fourth-order valence-corrected chi connectivity index (χ4v) is 2.11. The van der Waals surface area contributed by atoms with Gasteiger partial charge in [-0.2, -0.15) is 0 Å². The van der Waals surface area contributed by atoms with Crippen molar-refractivity contribution >= 4 is 40.8 Å². The summed E-state index contributed by atoms with van der Waals surface area (Å²) in [5.41, 5.74) is 0.723. The number of hydrogen-bond acceptors (Lipinski definition) is 3. The Morgan fingerprint density at radius 2 is 2.00 bits per heavy atom. The molecule has 0 aliphatic rings. The first-order valence-electron chi connectivity index (χ1n) is 6.46. The molecule has 1 N–H and O–H groups in total. The number of aryl methyl sites for hydroxylation is 1. The summed E-state index contributed by atoms with van der Waals surface area (Å²) in [4.78, 5) is 24.0. The van der Waals surface area contributed by atoms with Crippen LogP contribution in [0.4, 0.5) is 5.69 Å². The van der Waals surface area contributed by atoms with E-state index < -0.39 is 18.0 Å². The number of halogens is 2. The van der Waals surface area contributed by atoms with Gasteiger partial charge in [-0.05, 0) is 37.3 Å². The number of esters is 1. The fourth-order valence-electron chi connectivity index (χ4n) is 1.78. The molecule has 0 unspecified atom stereocenters. The van der Waals surface area contributed by atoms with Gasteiger partial charge in [0.2, 0.25) is 0 Å². The Bertz CT molecular complexity index is 713.